The molecule has 290 valence electrons. The summed E-state index contributed by atoms with van der Waals surface area (Å²) in [6.07, 6.45) is 2.07. The van der Waals surface area contributed by atoms with Crippen LogP contribution in [0.3, 0.4) is 0 Å². The summed E-state index contributed by atoms with van der Waals surface area (Å²) in [6, 6.07) is 19.3. The van der Waals surface area contributed by atoms with Gasteiger partial charge in [-0.15, -0.1) is 0 Å². The van der Waals surface area contributed by atoms with Crippen molar-refractivity contribution in [2.45, 2.75) is 135 Å². The number of alkyl carbamates (subject to hydrolysis) is 1. The van der Waals surface area contributed by atoms with E-state index in [0.29, 0.717) is 38.4 Å². The van der Waals surface area contributed by atoms with Crippen molar-refractivity contribution in [1.29, 1.82) is 0 Å². The molecule has 3 rings (SSSR count). The van der Waals surface area contributed by atoms with Crippen molar-refractivity contribution < 1.29 is 23.5 Å². The van der Waals surface area contributed by atoms with Crippen LogP contribution in [0.15, 0.2) is 60.7 Å². The van der Waals surface area contributed by atoms with Gasteiger partial charge in [-0.05, 0) is 102 Å². The lowest BCUT2D eigenvalue weighted by atomic mass is 9.88. The largest absolute Gasteiger partial charge is 0.444 e. The number of nitrogens with one attached hydrogen (secondary N) is 2. The van der Waals surface area contributed by atoms with E-state index in [1.807, 2.05) is 100 Å². The highest BCUT2D eigenvalue weighted by atomic mass is 28.4. The third kappa shape index (κ3) is 13.3. The Bertz CT molecular complexity index is 1410. The van der Waals surface area contributed by atoms with E-state index in [0.717, 1.165) is 24.0 Å². The quantitative estimate of drug-likeness (QED) is 0.184. The van der Waals surface area contributed by atoms with Crippen LogP contribution in [0.1, 0.15) is 85.8 Å². The van der Waals surface area contributed by atoms with Crippen LogP contribution in [0.25, 0.3) is 0 Å². The van der Waals surface area contributed by atoms with E-state index < -0.39 is 44.1 Å². The maximum absolute atomic E-state index is 14.6. The molecule has 2 N–H and O–H groups in total. The molecule has 10 heteroatoms. The maximum Gasteiger partial charge on any atom is 0.407 e. The van der Waals surface area contributed by atoms with E-state index in [2.05, 4.69) is 63.5 Å². The minimum atomic E-state index is -2.43. The fourth-order valence-electron chi connectivity index (χ4n) is 6.50. The Balaban J connectivity index is 2.02. The molecule has 0 radical (unpaired) electrons. The Morgan fingerprint density at radius 3 is 1.83 bits per heavy atom. The van der Waals surface area contributed by atoms with E-state index >= 15 is 0 Å². The fourth-order valence-corrected chi connectivity index (χ4v) is 7.87. The Morgan fingerprint density at radius 1 is 0.846 bits per heavy atom. The number of likely N-dealkylation sites (tertiary alicyclic amines) is 1. The van der Waals surface area contributed by atoms with Crippen LogP contribution in [0.4, 0.5) is 4.79 Å². The van der Waals surface area contributed by atoms with Gasteiger partial charge in [0, 0.05) is 25.0 Å². The van der Waals surface area contributed by atoms with E-state index in [1.165, 1.54) is 0 Å². The van der Waals surface area contributed by atoms with E-state index in [9.17, 15) is 14.4 Å². The van der Waals surface area contributed by atoms with E-state index in [4.69, 9.17) is 9.16 Å². The molecule has 0 saturated carbocycles. The van der Waals surface area contributed by atoms with Gasteiger partial charge in [-0.2, -0.15) is 0 Å². The predicted octanol–water partition coefficient (Wildman–Crippen LogP) is 7.46. The van der Waals surface area contributed by atoms with Crippen LogP contribution in [0, 0.1) is 11.8 Å². The summed E-state index contributed by atoms with van der Waals surface area (Å²) in [5, 5.41) is 6.28. The zero-order chi connectivity index (χ0) is 38.9. The van der Waals surface area contributed by atoms with Crippen molar-refractivity contribution in [3.05, 3.63) is 71.8 Å². The molecule has 1 aliphatic rings. The van der Waals surface area contributed by atoms with Gasteiger partial charge in [0.25, 0.3) is 0 Å². The molecule has 3 amide bonds. The molecule has 2 aromatic rings. The summed E-state index contributed by atoms with van der Waals surface area (Å²) in [5.41, 5.74) is 1.37. The van der Waals surface area contributed by atoms with Gasteiger partial charge >= 0.3 is 6.09 Å². The molecule has 1 aliphatic heterocycles. The highest BCUT2D eigenvalue weighted by Crippen LogP contribution is 2.39. The van der Waals surface area contributed by atoms with Crippen molar-refractivity contribution in [3.63, 3.8) is 0 Å². The Hall–Kier alpha value is -3.21. The highest BCUT2D eigenvalue weighted by molar-refractivity contribution is 6.74. The molecule has 9 nitrogen and oxygen atoms in total. The molecule has 3 unspecified atom stereocenters. The van der Waals surface area contributed by atoms with Gasteiger partial charge in [0.15, 0.2) is 8.32 Å². The van der Waals surface area contributed by atoms with Crippen molar-refractivity contribution >= 4 is 26.2 Å². The molecule has 2 aromatic carbocycles. The summed E-state index contributed by atoms with van der Waals surface area (Å²) < 4.78 is 13.0. The van der Waals surface area contributed by atoms with Crippen LogP contribution in [-0.2, 0) is 31.6 Å². The van der Waals surface area contributed by atoms with Gasteiger partial charge in [0.05, 0.1) is 12.1 Å². The average Bonchev–Trinajstić information content (AvgIpc) is 3.05. The molecular weight excluding hydrogens is 669 g/mol. The van der Waals surface area contributed by atoms with Crippen LogP contribution in [0.5, 0.6) is 0 Å². The molecule has 1 heterocycles. The van der Waals surface area contributed by atoms with Crippen molar-refractivity contribution in [2.24, 2.45) is 11.8 Å². The van der Waals surface area contributed by atoms with Crippen LogP contribution in [0.2, 0.25) is 18.1 Å². The minimum Gasteiger partial charge on any atom is -0.444 e. The SMILES string of the molecule is CC(C)[C@H](NC(=O)C(Cc1ccccc1)CC(O[Si](C)(C)C(C)(C)C)C(Cc1ccccc1)NC(=O)OC(C)(C)C)C(=O)N1CCC(N(C)C)CC1. The highest BCUT2D eigenvalue weighted by Gasteiger charge is 2.43. The van der Waals surface area contributed by atoms with Gasteiger partial charge in [-0.3, -0.25) is 9.59 Å². The first kappa shape index (κ1) is 43.2. The standard InChI is InChI=1S/C42H68N4O5Si/c1-30(2)37(39(48)46-25-23-34(24-26-46)45(9)10)44-38(47)33(27-31-19-15-13-16-20-31)29-36(51-52(11,12)42(6,7)8)35(28-32-21-17-14-18-22-32)43-40(49)50-41(3,4)5/h13-22,30,33-37H,23-29H2,1-12H3,(H,43,49)(H,44,47)/t33?,35?,36?,37-/m0/s1. The second-order valence-corrected chi connectivity index (χ2v) is 22.5. The Labute approximate surface area is 315 Å². The fraction of sp³-hybridized carbons (Fsp3) is 0.643. The lowest BCUT2D eigenvalue weighted by molar-refractivity contribution is -0.140. The van der Waals surface area contributed by atoms with Crippen LogP contribution < -0.4 is 10.6 Å². The summed E-state index contributed by atoms with van der Waals surface area (Å²) in [5.74, 6) is -0.843. The van der Waals surface area contributed by atoms with Gasteiger partial charge < -0.3 is 29.6 Å². The Morgan fingerprint density at radius 2 is 1.37 bits per heavy atom. The number of nitrogens with zero attached hydrogens (tertiary/aromatic N) is 2. The molecular formula is C42H68N4O5Si. The monoisotopic (exact) mass is 736 g/mol. The van der Waals surface area contributed by atoms with Crippen molar-refractivity contribution in [2.75, 3.05) is 27.2 Å². The first-order chi connectivity index (χ1) is 24.2. The summed E-state index contributed by atoms with van der Waals surface area (Å²) in [7, 11) is 1.74. The number of hydrogen-bond acceptors (Lipinski definition) is 6. The van der Waals surface area contributed by atoms with Crippen molar-refractivity contribution in [3.8, 4) is 0 Å². The van der Waals surface area contributed by atoms with Gasteiger partial charge in [0.1, 0.15) is 11.6 Å². The molecule has 1 saturated heterocycles. The van der Waals surface area contributed by atoms with Gasteiger partial charge in [0.2, 0.25) is 11.8 Å². The zero-order valence-corrected chi connectivity index (χ0v) is 35.1. The molecule has 0 aliphatic carbocycles. The van der Waals surface area contributed by atoms with Gasteiger partial charge in [-0.25, -0.2) is 4.79 Å². The zero-order valence-electron chi connectivity index (χ0n) is 34.1. The number of piperidine rings is 1. The first-order valence-electron chi connectivity index (χ1n) is 19.2. The number of amides is 3. The lowest BCUT2D eigenvalue weighted by Crippen LogP contribution is -2.56. The van der Waals surface area contributed by atoms with Gasteiger partial charge in [-0.1, -0.05) is 95.3 Å². The average molecular weight is 737 g/mol. The third-order valence-electron chi connectivity index (χ3n) is 10.7. The molecule has 1 fully saturated rings. The smallest absolute Gasteiger partial charge is 0.407 e. The number of hydrogen-bond donors (Lipinski definition) is 2. The van der Waals surface area contributed by atoms with Crippen LogP contribution >= 0.6 is 0 Å². The van der Waals surface area contributed by atoms with Crippen molar-refractivity contribution in [1.82, 2.24) is 20.4 Å². The van der Waals surface area contributed by atoms with E-state index in [1.54, 1.807) is 0 Å². The summed E-state index contributed by atoms with van der Waals surface area (Å²) >= 11 is 0. The minimum absolute atomic E-state index is 0.0263. The second kappa shape index (κ2) is 18.7. The Kier molecular flexibility index (Phi) is 15.5. The summed E-state index contributed by atoms with van der Waals surface area (Å²) in [4.78, 5) is 46.2. The number of ether oxygens (including phenoxy) is 1. The second-order valence-electron chi connectivity index (χ2n) is 17.7. The number of rotatable bonds is 15. The third-order valence-corrected chi connectivity index (χ3v) is 15.2. The summed E-state index contributed by atoms with van der Waals surface area (Å²) in [6.45, 7) is 21.9. The molecule has 0 bridgehead atoms. The predicted molar refractivity (Wildman–Crippen MR) is 214 cm³/mol. The molecule has 0 aromatic heterocycles. The molecule has 0 spiro atoms. The van der Waals surface area contributed by atoms with Crippen LogP contribution in [-0.4, -0.2) is 93.0 Å². The number of carbonyl (C=O) groups is 3. The van der Waals surface area contributed by atoms with E-state index in [-0.39, 0.29) is 22.8 Å². The first-order valence-corrected chi connectivity index (χ1v) is 22.1. The molecule has 52 heavy (non-hydrogen) atoms. The maximum atomic E-state index is 14.6. The topological polar surface area (TPSA) is 100 Å². The lowest BCUT2D eigenvalue weighted by Gasteiger charge is -2.42. The number of carbonyl (C=O) groups excluding carboxylic acids is 3. The molecule has 4 atom stereocenters. The normalized spacial score (nSPS) is 17.0. The number of benzene rings is 2.